The van der Waals surface area contributed by atoms with Crippen molar-refractivity contribution in [2.45, 2.75) is 25.3 Å². The van der Waals surface area contributed by atoms with Crippen LogP contribution in [0.2, 0.25) is 0 Å². The van der Waals surface area contributed by atoms with E-state index in [9.17, 15) is 5.26 Å². The van der Waals surface area contributed by atoms with Gasteiger partial charge in [0, 0.05) is 67.5 Å². The first-order chi connectivity index (χ1) is 18.1. The van der Waals surface area contributed by atoms with E-state index >= 15 is 0 Å². The van der Waals surface area contributed by atoms with Crippen LogP contribution in [0.25, 0.3) is 22.3 Å². The van der Waals surface area contributed by atoms with Gasteiger partial charge in [-0.25, -0.2) is 4.98 Å². The Morgan fingerprint density at radius 3 is 2.57 bits per heavy atom. The molecular formula is C28H31N7O2. The van der Waals surface area contributed by atoms with Crippen molar-refractivity contribution in [1.29, 1.82) is 5.26 Å². The molecule has 37 heavy (non-hydrogen) atoms. The van der Waals surface area contributed by atoms with Gasteiger partial charge in [0.25, 0.3) is 0 Å². The number of rotatable bonds is 9. The van der Waals surface area contributed by atoms with Gasteiger partial charge in [-0.05, 0) is 37.6 Å². The molecule has 1 fully saturated rings. The molecule has 0 N–H and O–H groups in total. The largest absolute Gasteiger partial charge is 0.497 e. The molecule has 3 heterocycles. The molecule has 0 radical (unpaired) electrons. The lowest BCUT2D eigenvalue weighted by Crippen LogP contribution is -2.36. The standard InChI is InChI=1S/C28H31N7O2/c1-33-19-20(17-31-33)28-18-30-26-7-6-22(15-27(26)32-28)35(12-11-34-10-4-5-21(34)8-9-29)23-13-24(36-2)16-25(14-23)37-3/h6-7,13-19,21H,4-5,8,10-12H2,1-3H3/t21-/m1/s1. The van der Waals surface area contributed by atoms with Crippen LogP contribution in [0, 0.1) is 11.3 Å². The van der Waals surface area contributed by atoms with Crippen molar-refractivity contribution in [3.63, 3.8) is 0 Å². The van der Waals surface area contributed by atoms with E-state index in [0.717, 1.165) is 77.6 Å². The smallest absolute Gasteiger partial charge is 0.124 e. The summed E-state index contributed by atoms with van der Waals surface area (Å²) in [4.78, 5) is 14.2. The number of hydrogen-bond acceptors (Lipinski definition) is 8. The van der Waals surface area contributed by atoms with E-state index in [2.05, 4.69) is 38.1 Å². The number of methoxy groups -OCH3 is 2. The monoisotopic (exact) mass is 497 g/mol. The van der Waals surface area contributed by atoms with Gasteiger partial charge in [-0.15, -0.1) is 0 Å². The molecule has 4 aromatic rings. The number of anilines is 2. The van der Waals surface area contributed by atoms with Crippen molar-refractivity contribution < 1.29 is 9.47 Å². The lowest BCUT2D eigenvalue weighted by atomic mass is 10.1. The summed E-state index contributed by atoms with van der Waals surface area (Å²) in [5, 5.41) is 13.5. The van der Waals surface area contributed by atoms with Crippen molar-refractivity contribution in [3.05, 3.63) is 55.0 Å². The van der Waals surface area contributed by atoms with Crippen LogP contribution >= 0.6 is 0 Å². The minimum atomic E-state index is 0.316. The van der Waals surface area contributed by atoms with E-state index in [4.69, 9.17) is 14.5 Å². The molecule has 190 valence electrons. The highest BCUT2D eigenvalue weighted by atomic mass is 16.5. The Morgan fingerprint density at radius 2 is 1.86 bits per heavy atom. The number of aryl methyl sites for hydroxylation is 1. The average molecular weight is 498 g/mol. The maximum atomic E-state index is 9.27. The number of fused-ring (bicyclic) bond motifs is 1. The van der Waals surface area contributed by atoms with Gasteiger partial charge in [0.05, 0.1) is 55.8 Å². The van der Waals surface area contributed by atoms with Gasteiger partial charge >= 0.3 is 0 Å². The summed E-state index contributed by atoms with van der Waals surface area (Å²) in [5.74, 6) is 1.45. The molecule has 0 unspecified atom stereocenters. The predicted molar refractivity (Wildman–Crippen MR) is 143 cm³/mol. The Labute approximate surface area is 216 Å². The Kier molecular flexibility index (Phi) is 7.19. The fourth-order valence-electron chi connectivity index (χ4n) is 4.97. The molecule has 2 aromatic carbocycles. The summed E-state index contributed by atoms with van der Waals surface area (Å²) in [6.07, 6.45) is 8.28. The van der Waals surface area contributed by atoms with Crippen LogP contribution < -0.4 is 14.4 Å². The normalized spacial score (nSPS) is 15.6. The molecule has 0 bridgehead atoms. The van der Waals surface area contributed by atoms with Gasteiger partial charge in [-0.3, -0.25) is 14.6 Å². The van der Waals surface area contributed by atoms with Crippen molar-refractivity contribution in [2.75, 3.05) is 38.8 Å². The number of hydrogen-bond donors (Lipinski definition) is 0. The zero-order valence-electron chi connectivity index (χ0n) is 21.5. The third-order valence-corrected chi connectivity index (χ3v) is 6.92. The van der Waals surface area contributed by atoms with Crippen LogP contribution in [0.4, 0.5) is 11.4 Å². The molecule has 0 spiro atoms. The highest BCUT2D eigenvalue weighted by Gasteiger charge is 2.25. The van der Waals surface area contributed by atoms with Crippen LogP contribution in [0.3, 0.4) is 0 Å². The van der Waals surface area contributed by atoms with Gasteiger partial charge in [-0.1, -0.05) is 0 Å². The van der Waals surface area contributed by atoms with Crippen LogP contribution in [-0.4, -0.2) is 64.5 Å². The second-order valence-corrected chi connectivity index (χ2v) is 9.25. The first-order valence-corrected chi connectivity index (χ1v) is 12.5. The fraction of sp³-hybridized carbons (Fsp3) is 0.357. The van der Waals surface area contributed by atoms with E-state index in [1.54, 1.807) is 31.3 Å². The molecule has 5 rings (SSSR count). The molecule has 9 heteroatoms. The van der Waals surface area contributed by atoms with Crippen LogP contribution in [-0.2, 0) is 7.05 Å². The van der Waals surface area contributed by atoms with Crippen LogP contribution in [0.1, 0.15) is 19.3 Å². The number of likely N-dealkylation sites (tertiary alicyclic amines) is 1. The predicted octanol–water partition coefficient (Wildman–Crippen LogP) is 4.56. The van der Waals surface area contributed by atoms with Crippen LogP contribution in [0.5, 0.6) is 11.5 Å². The van der Waals surface area contributed by atoms with E-state index in [0.29, 0.717) is 12.5 Å². The van der Waals surface area contributed by atoms with E-state index in [-0.39, 0.29) is 0 Å². The Balaban J connectivity index is 1.53. The summed E-state index contributed by atoms with van der Waals surface area (Å²) in [6.45, 7) is 2.59. The van der Waals surface area contributed by atoms with Gasteiger partial charge in [0.15, 0.2) is 0 Å². The third-order valence-electron chi connectivity index (χ3n) is 6.92. The number of aromatic nitrogens is 4. The molecule has 1 aliphatic rings. The Morgan fingerprint density at radius 1 is 1.05 bits per heavy atom. The first kappa shape index (κ1) is 24.5. The molecule has 9 nitrogen and oxygen atoms in total. The highest BCUT2D eigenvalue weighted by Crippen LogP contribution is 2.34. The summed E-state index contributed by atoms with van der Waals surface area (Å²) < 4.78 is 12.9. The summed E-state index contributed by atoms with van der Waals surface area (Å²) in [5.41, 5.74) is 5.30. The molecule has 0 saturated carbocycles. The van der Waals surface area contributed by atoms with Crippen molar-refractivity contribution >= 4 is 22.4 Å². The molecule has 1 atom stereocenters. The number of nitrogens with zero attached hydrogens (tertiary/aromatic N) is 7. The molecular weight excluding hydrogens is 466 g/mol. The fourth-order valence-corrected chi connectivity index (χ4v) is 4.97. The third kappa shape index (κ3) is 5.34. The average Bonchev–Trinajstić information content (AvgIpc) is 3.57. The zero-order chi connectivity index (χ0) is 25.8. The molecule has 1 saturated heterocycles. The second kappa shape index (κ2) is 10.8. The summed E-state index contributed by atoms with van der Waals surface area (Å²) in [6, 6.07) is 14.7. The number of benzene rings is 2. The summed E-state index contributed by atoms with van der Waals surface area (Å²) in [7, 11) is 5.20. The zero-order valence-corrected chi connectivity index (χ0v) is 21.5. The van der Waals surface area contributed by atoms with E-state index < -0.39 is 0 Å². The lowest BCUT2D eigenvalue weighted by molar-refractivity contribution is 0.263. The van der Waals surface area contributed by atoms with Gasteiger partial charge in [0.1, 0.15) is 11.5 Å². The topological polar surface area (TPSA) is 92.3 Å². The SMILES string of the molecule is COc1cc(OC)cc(N(CCN2CCC[C@@H]2CC#N)c2ccc3ncc(-c4cnn(C)c4)nc3c2)c1. The number of nitriles is 1. The second-order valence-electron chi connectivity index (χ2n) is 9.25. The first-order valence-electron chi connectivity index (χ1n) is 12.5. The Hall–Kier alpha value is -4.16. The highest BCUT2D eigenvalue weighted by molar-refractivity contribution is 5.82. The minimum absolute atomic E-state index is 0.316. The maximum Gasteiger partial charge on any atom is 0.124 e. The molecule has 0 aliphatic carbocycles. The van der Waals surface area contributed by atoms with Gasteiger partial charge in [0.2, 0.25) is 0 Å². The van der Waals surface area contributed by atoms with Crippen molar-refractivity contribution in [3.8, 4) is 28.8 Å². The molecule has 2 aromatic heterocycles. The Bertz CT molecular complexity index is 1410. The van der Waals surface area contributed by atoms with Gasteiger partial charge in [-0.2, -0.15) is 10.4 Å². The maximum absolute atomic E-state index is 9.27. The van der Waals surface area contributed by atoms with Gasteiger partial charge < -0.3 is 14.4 Å². The lowest BCUT2D eigenvalue weighted by Gasteiger charge is -2.30. The quantitative estimate of drug-likeness (QED) is 0.332. The molecule has 0 amide bonds. The summed E-state index contributed by atoms with van der Waals surface area (Å²) >= 11 is 0. The van der Waals surface area contributed by atoms with Crippen LogP contribution in [0.15, 0.2) is 55.0 Å². The van der Waals surface area contributed by atoms with E-state index in [1.165, 1.54) is 0 Å². The minimum Gasteiger partial charge on any atom is -0.497 e. The molecule has 1 aliphatic heterocycles. The van der Waals surface area contributed by atoms with Crippen molar-refractivity contribution in [2.24, 2.45) is 7.05 Å². The van der Waals surface area contributed by atoms with E-state index in [1.807, 2.05) is 37.5 Å². The van der Waals surface area contributed by atoms with Crippen molar-refractivity contribution in [1.82, 2.24) is 24.6 Å². The number of ether oxygens (including phenoxy) is 2.